The number of ether oxygens (including phenoxy) is 2. The Labute approximate surface area is 129 Å². The third kappa shape index (κ3) is 3.43. The zero-order chi connectivity index (χ0) is 15.9. The van der Waals surface area contributed by atoms with E-state index < -0.39 is 12.0 Å². The highest BCUT2D eigenvalue weighted by molar-refractivity contribution is 6.00. The molecule has 1 aromatic heterocycles. The van der Waals surface area contributed by atoms with Crippen molar-refractivity contribution < 1.29 is 19.1 Å². The maximum atomic E-state index is 12.5. The topological polar surface area (TPSA) is 68.7 Å². The second kappa shape index (κ2) is 7.57. The van der Waals surface area contributed by atoms with Crippen LogP contribution in [0.2, 0.25) is 0 Å². The standard InChI is InChI=1S/C16H18N2O4/c1-3-9-22-10-7-15(19)18-13-6-8-17-11-12(13)4-5-14(18)16(20)21-2/h1,6,8,11,14H,4-5,7,9-10H2,2H3. The Kier molecular flexibility index (Phi) is 5.50. The van der Waals surface area contributed by atoms with Gasteiger partial charge in [-0.3, -0.25) is 14.7 Å². The average molecular weight is 302 g/mol. The largest absolute Gasteiger partial charge is 0.467 e. The van der Waals surface area contributed by atoms with Crippen LogP contribution in [0.4, 0.5) is 5.69 Å². The highest BCUT2D eigenvalue weighted by Crippen LogP contribution is 2.31. The summed E-state index contributed by atoms with van der Waals surface area (Å²) in [6.07, 6.45) is 9.76. The van der Waals surface area contributed by atoms with Gasteiger partial charge in [-0.1, -0.05) is 5.92 Å². The van der Waals surface area contributed by atoms with Crippen molar-refractivity contribution >= 4 is 17.6 Å². The Morgan fingerprint density at radius 1 is 1.55 bits per heavy atom. The van der Waals surface area contributed by atoms with Crippen LogP contribution >= 0.6 is 0 Å². The van der Waals surface area contributed by atoms with Crippen molar-refractivity contribution in [3.63, 3.8) is 0 Å². The molecule has 0 saturated heterocycles. The van der Waals surface area contributed by atoms with E-state index in [1.165, 1.54) is 12.0 Å². The third-order valence-corrected chi connectivity index (χ3v) is 3.52. The Bertz CT molecular complexity index is 594. The Morgan fingerprint density at radius 2 is 2.36 bits per heavy atom. The highest BCUT2D eigenvalue weighted by atomic mass is 16.5. The fourth-order valence-corrected chi connectivity index (χ4v) is 2.52. The lowest BCUT2D eigenvalue weighted by molar-refractivity contribution is -0.144. The molecule has 0 aromatic carbocycles. The normalized spacial score (nSPS) is 16.5. The molecule has 1 aromatic rings. The van der Waals surface area contributed by atoms with Crippen molar-refractivity contribution in [1.29, 1.82) is 0 Å². The van der Waals surface area contributed by atoms with Crippen LogP contribution in [0.3, 0.4) is 0 Å². The number of esters is 1. The van der Waals surface area contributed by atoms with Crippen molar-refractivity contribution in [2.45, 2.75) is 25.3 Å². The van der Waals surface area contributed by atoms with Crippen molar-refractivity contribution in [1.82, 2.24) is 4.98 Å². The van der Waals surface area contributed by atoms with Gasteiger partial charge in [-0.05, 0) is 24.5 Å². The van der Waals surface area contributed by atoms with Gasteiger partial charge in [0.05, 0.1) is 25.8 Å². The van der Waals surface area contributed by atoms with Crippen LogP contribution in [0.25, 0.3) is 0 Å². The summed E-state index contributed by atoms with van der Waals surface area (Å²) >= 11 is 0. The summed E-state index contributed by atoms with van der Waals surface area (Å²) < 4.78 is 9.96. The molecule has 0 aliphatic carbocycles. The number of fused-ring (bicyclic) bond motifs is 1. The summed E-state index contributed by atoms with van der Waals surface area (Å²) in [6.45, 7) is 0.377. The van der Waals surface area contributed by atoms with Gasteiger partial charge in [-0.15, -0.1) is 6.42 Å². The van der Waals surface area contributed by atoms with E-state index in [4.69, 9.17) is 15.9 Å². The molecule has 1 atom stereocenters. The van der Waals surface area contributed by atoms with E-state index in [1.807, 2.05) is 0 Å². The zero-order valence-corrected chi connectivity index (χ0v) is 12.4. The van der Waals surface area contributed by atoms with Gasteiger partial charge in [0, 0.05) is 12.4 Å². The number of carbonyl (C=O) groups is 2. The van der Waals surface area contributed by atoms with Crippen LogP contribution in [-0.2, 0) is 25.5 Å². The number of hydrogen-bond acceptors (Lipinski definition) is 5. The minimum atomic E-state index is -0.611. The van der Waals surface area contributed by atoms with Crippen LogP contribution < -0.4 is 4.90 Å². The molecule has 0 fully saturated rings. The summed E-state index contributed by atoms with van der Waals surface area (Å²) in [5, 5.41) is 0. The zero-order valence-electron chi connectivity index (χ0n) is 12.4. The Balaban J connectivity index is 2.20. The molecule has 116 valence electrons. The number of anilines is 1. The van der Waals surface area contributed by atoms with Gasteiger partial charge in [0.1, 0.15) is 12.6 Å². The lowest BCUT2D eigenvalue weighted by Gasteiger charge is -2.35. The lowest BCUT2D eigenvalue weighted by atomic mass is 9.97. The number of nitrogens with zero attached hydrogens (tertiary/aromatic N) is 2. The number of aromatic nitrogens is 1. The number of hydrogen-bond donors (Lipinski definition) is 0. The first-order valence-corrected chi connectivity index (χ1v) is 7.03. The third-order valence-electron chi connectivity index (χ3n) is 3.52. The van der Waals surface area contributed by atoms with Gasteiger partial charge < -0.3 is 9.47 Å². The van der Waals surface area contributed by atoms with E-state index >= 15 is 0 Å². The van der Waals surface area contributed by atoms with Crippen molar-refractivity contribution in [2.24, 2.45) is 0 Å². The number of aryl methyl sites for hydroxylation is 1. The van der Waals surface area contributed by atoms with E-state index in [9.17, 15) is 9.59 Å². The molecule has 0 saturated carbocycles. The van der Waals surface area contributed by atoms with Crippen LogP contribution in [0.15, 0.2) is 18.5 Å². The molecule has 0 spiro atoms. The monoisotopic (exact) mass is 302 g/mol. The Hall–Kier alpha value is -2.39. The lowest BCUT2D eigenvalue weighted by Crippen LogP contribution is -2.49. The maximum absolute atomic E-state index is 12.5. The molecule has 0 radical (unpaired) electrons. The first-order chi connectivity index (χ1) is 10.7. The summed E-state index contributed by atoms with van der Waals surface area (Å²) in [5.41, 5.74) is 1.65. The number of carbonyl (C=O) groups excluding carboxylic acids is 2. The second-order valence-corrected chi connectivity index (χ2v) is 4.85. The van der Waals surface area contributed by atoms with E-state index in [2.05, 4.69) is 10.9 Å². The minimum Gasteiger partial charge on any atom is -0.467 e. The van der Waals surface area contributed by atoms with Crippen LogP contribution in [-0.4, -0.2) is 43.2 Å². The minimum absolute atomic E-state index is 0.150. The quantitative estimate of drug-likeness (QED) is 0.460. The summed E-state index contributed by atoms with van der Waals surface area (Å²) in [6, 6.07) is 1.13. The van der Waals surface area contributed by atoms with E-state index in [0.717, 1.165) is 5.56 Å². The molecular formula is C16H18N2O4. The number of amides is 1. The molecule has 1 unspecified atom stereocenters. The van der Waals surface area contributed by atoms with Crippen LogP contribution in [0, 0.1) is 12.3 Å². The van der Waals surface area contributed by atoms with Gasteiger partial charge in [-0.25, -0.2) is 4.79 Å². The van der Waals surface area contributed by atoms with Crippen LogP contribution in [0.1, 0.15) is 18.4 Å². The molecule has 1 amide bonds. The highest BCUT2D eigenvalue weighted by Gasteiger charge is 2.36. The Morgan fingerprint density at radius 3 is 3.09 bits per heavy atom. The molecule has 1 aliphatic rings. The first-order valence-electron chi connectivity index (χ1n) is 7.03. The molecule has 22 heavy (non-hydrogen) atoms. The molecule has 2 heterocycles. The van der Waals surface area contributed by atoms with E-state index in [0.29, 0.717) is 18.5 Å². The molecule has 0 N–H and O–H groups in total. The second-order valence-electron chi connectivity index (χ2n) is 4.85. The fraction of sp³-hybridized carbons (Fsp3) is 0.438. The molecule has 2 rings (SSSR count). The SMILES string of the molecule is C#CCOCCC(=O)N1c2ccncc2CCC1C(=O)OC. The van der Waals surface area contributed by atoms with Gasteiger partial charge in [0.25, 0.3) is 0 Å². The molecular weight excluding hydrogens is 284 g/mol. The van der Waals surface area contributed by atoms with Gasteiger partial charge in [0.2, 0.25) is 5.91 Å². The van der Waals surface area contributed by atoms with Crippen molar-refractivity contribution in [2.75, 3.05) is 25.2 Å². The maximum Gasteiger partial charge on any atom is 0.328 e. The molecule has 1 aliphatic heterocycles. The number of rotatable bonds is 5. The summed E-state index contributed by atoms with van der Waals surface area (Å²) in [5.74, 6) is 1.73. The number of methoxy groups -OCH3 is 1. The fourth-order valence-electron chi connectivity index (χ4n) is 2.52. The van der Waals surface area contributed by atoms with E-state index in [1.54, 1.807) is 18.5 Å². The van der Waals surface area contributed by atoms with Crippen molar-refractivity contribution in [3.05, 3.63) is 24.0 Å². The first kappa shape index (κ1) is 16.0. The number of terminal acetylenes is 1. The summed E-state index contributed by atoms with van der Waals surface area (Å²) in [4.78, 5) is 30.1. The number of pyridine rings is 1. The molecule has 6 nitrogen and oxygen atoms in total. The molecule has 0 bridgehead atoms. The van der Waals surface area contributed by atoms with Gasteiger partial charge in [-0.2, -0.15) is 0 Å². The van der Waals surface area contributed by atoms with Crippen LogP contribution in [0.5, 0.6) is 0 Å². The van der Waals surface area contributed by atoms with Crippen molar-refractivity contribution in [3.8, 4) is 12.3 Å². The van der Waals surface area contributed by atoms with Gasteiger partial charge >= 0.3 is 5.97 Å². The smallest absolute Gasteiger partial charge is 0.328 e. The molecule has 6 heteroatoms. The van der Waals surface area contributed by atoms with E-state index in [-0.39, 0.29) is 25.5 Å². The van der Waals surface area contributed by atoms with Gasteiger partial charge in [0.15, 0.2) is 0 Å². The predicted molar refractivity (Wildman–Crippen MR) is 80.1 cm³/mol. The average Bonchev–Trinajstić information content (AvgIpc) is 2.56. The predicted octanol–water partition coefficient (Wildman–Crippen LogP) is 0.942. The summed E-state index contributed by atoms with van der Waals surface area (Å²) in [7, 11) is 1.32.